The summed E-state index contributed by atoms with van der Waals surface area (Å²) in [5, 5.41) is 39.4. The van der Waals surface area contributed by atoms with Crippen molar-refractivity contribution >= 4 is 46.1 Å². The van der Waals surface area contributed by atoms with Gasteiger partial charge in [0, 0.05) is 86.2 Å². The molecule has 0 aliphatic carbocycles. The molecule has 9 nitrogen and oxygen atoms in total. The van der Waals surface area contributed by atoms with Crippen molar-refractivity contribution < 1.29 is 87.5 Å². The van der Waals surface area contributed by atoms with Gasteiger partial charge in [-0.15, -0.1) is 23.5 Å². The van der Waals surface area contributed by atoms with Crippen LogP contribution >= 0.6 is 35.3 Å². The Hall–Kier alpha value is -3.58. The first-order valence-electron chi connectivity index (χ1n) is 25.9. The summed E-state index contributed by atoms with van der Waals surface area (Å²) >= 11 is 4.72. The quantitative estimate of drug-likeness (QED) is 0.0292. The van der Waals surface area contributed by atoms with Crippen molar-refractivity contribution in [3.63, 3.8) is 0 Å². The van der Waals surface area contributed by atoms with E-state index in [2.05, 4.69) is 13.8 Å². The third kappa shape index (κ3) is 19.8. The molecule has 0 amide bonds. The van der Waals surface area contributed by atoms with Gasteiger partial charge in [0.15, 0.2) is 0 Å². The summed E-state index contributed by atoms with van der Waals surface area (Å²) < 4.78 is 159. The predicted molar refractivity (Wildman–Crippen MR) is 291 cm³/mol. The Bertz CT molecular complexity index is 2490. The molecule has 0 bridgehead atoms. The Morgan fingerprint density at radius 2 is 0.899 bits per heavy atom. The number of alkyl halides is 10. The topological polar surface area (TPSA) is 135 Å². The normalized spacial score (nSPS) is 20.0. The molecule has 2 aliphatic rings. The van der Waals surface area contributed by atoms with Crippen LogP contribution in [0.4, 0.5) is 43.9 Å². The first-order chi connectivity index (χ1) is 37.3. The average molecular weight is 1210 g/mol. The van der Waals surface area contributed by atoms with Crippen molar-refractivity contribution in [2.75, 3.05) is 87.4 Å². The SMILES string of the molecule is C[C@]1(c2ccc(O)cc2)CSc2cc(O)ccc2[C@H]1CCCOCCOCCS(=O)CCCC(F)(F)C(F)(F)F.C[C@]1(c2ccc(O)cc2)CSc2cc(O)ccc2[C@H]1CCCOCCOCCSCCCC(F)(F)C(F)(F)F. The van der Waals surface area contributed by atoms with Gasteiger partial charge >= 0.3 is 24.2 Å². The maximum Gasteiger partial charge on any atom is 0.453 e. The van der Waals surface area contributed by atoms with Crippen LogP contribution < -0.4 is 0 Å². The molecule has 0 fully saturated rings. The van der Waals surface area contributed by atoms with Gasteiger partial charge in [-0.1, -0.05) is 50.2 Å². The Kier molecular flexibility index (Phi) is 25.7. The molecule has 0 radical (unpaired) electrons. The van der Waals surface area contributed by atoms with Crippen LogP contribution in [0.15, 0.2) is 94.7 Å². The minimum absolute atomic E-state index is 0.0576. The third-order valence-electron chi connectivity index (χ3n) is 14.0. The number of thioether (sulfide) groups is 3. The van der Waals surface area contributed by atoms with Gasteiger partial charge in [0.2, 0.25) is 0 Å². The largest absolute Gasteiger partial charge is 0.508 e. The Balaban J connectivity index is 0.000000291. The van der Waals surface area contributed by atoms with E-state index in [9.17, 15) is 68.5 Å². The standard InChI is InChI=1S/C28H35F5O5S2.C28H35F5O4S2/c1-26(20-5-7-21(34)8-6-20)19-39-25-18-22(35)9-10-23(25)24(26)4-2-12-37-13-14-38-15-17-40(36)16-3-11-27(29,30)28(31,32)33;1-26(20-5-7-21(34)8-6-20)19-39-25-18-22(35)9-10-23(25)24(26)4-2-12-36-13-14-37-15-17-38-16-3-11-27(29,30)28(31,32)33/h5-10,18,24,34-35H,2-4,11-17,19H2,1H3;5-10,18,24,34-35H,2-4,11-17,19H2,1H3/t24-,26-,40?;24-,26-/m11/s1. The van der Waals surface area contributed by atoms with Gasteiger partial charge in [-0.05, 0) is 127 Å². The highest BCUT2D eigenvalue weighted by molar-refractivity contribution is 7.99. The number of rotatable bonds is 30. The van der Waals surface area contributed by atoms with Crippen LogP contribution in [0.5, 0.6) is 23.0 Å². The molecule has 0 saturated heterocycles. The molecular weight excluding hydrogens is 1130 g/mol. The maximum absolute atomic E-state index is 12.9. The number of halogens is 10. The van der Waals surface area contributed by atoms with Crippen LogP contribution in [-0.2, 0) is 40.6 Å². The Morgan fingerprint density at radius 3 is 1.33 bits per heavy atom. The van der Waals surface area contributed by atoms with Gasteiger partial charge in [0.05, 0.1) is 39.6 Å². The van der Waals surface area contributed by atoms with E-state index < -0.39 is 54.3 Å². The van der Waals surface area contributed by atoms with E-state index in [0.717, 1.165) is 58.1 Å². The van der Waals surface area contributed by atoms with Crippen molar-refractivity contribution in [3.05, 3.63) is 107 Å². The molecule has 1 unspecified atom stereocenters. The van der Waals surface area contributed by atoms with E-state index in [-0.39, 0.29) is 82.6 Å². The summed E-state index contributed by atoms with van der Waals surface area (Å²) in [4.78, 5) is 2.14. The van der Waals surface area contributed by atoms with Crippen LogP contribution in [0.3, 0.4) is 0 Å². The molecule has 0 spiro atoms. The molecule has 4 aromatic carbocycles. The molecule has 79 heavy (non-hydrogen) atoms. The number of phenols is 4. The van der Waals surface area contributed by atoms with Gasteiger partial charge < -0.3 is 39.4 Å². The molecule has 4 aromatic rings. The molecule has 2 aliphatic heterocycles. The zero-order valence-corrected chi connectivity index (χ0v) is 47.3. The minimum atomic E-state index is -5.59. The van der Waals surface area contributed by atoms with E-state index >= 15 is 0 Å². The summed E-state index contributed by atoms with van der Waals surface area (Å²) in [5.74, 6) is -5.89. The highest BCUT2D eigenvalue weighted by Gasteiger charge is 2.57. The predicted octanol–water partition coefficient (Wildman–Crippen LogP) is 14.6. The summed E-state index contributed by atoms with van der Waals surface area (Å²) in [6, 6.07) is 25.7. The fourth-order valence-electron chi connectivity index (χ4n) is 9.45. The second-order valence-electron chi connectivity index (χ2n) is 19.9. The number of aromatic hydroxyl groups is 4. The number of fused-ring (bicyclic) bond motifs is 2. The molecule has 23 heteroatoms. The zero-order valence-electron chi connectivity index (χ0n) is 44.0. The van der Waals surface area contributed by atoms with Crippen molar-refractivity contribution in [1.82, 2.24) is 0 Å². The molecule has 4 N–H and O–H groups in total. The number of phenolic OH excluding ortho intramolecular Hbond substituents is 4. The third-order valence-corrected chi connectivity index (χ3v) is 19.2. The van der Waals surface area contributed by atoms with Gasteiger partial charge in [-0.2, -0.15) is 55.7 Å². The second kappa shape index (κ2) is 30.6. The fraction of sp³-hybridized carbons (Fsp3) is 0.571. The van der Waals surface area contributed by atoms with Gasteiger partial charge in [0.1, 0.15) is 23.0 Å². The molecule has 6 rings (SSSR count). The summed E-state index contributed by atoms with van der Waals surface area (Å²) in [6.07, 6.45) is -11.0. The first-order valence-corrected chi connectivity index (χ1v) is 30.5. The van der Waals surface area contributed by atoms with Crippen LogP contribution in [0.2, 0.25) is 0 Å². The smallest absolute Gasteiger partial charge is 0.453 e. The van der Waals surface area contributed by atoms with Crippen molar-refractivity contribution in [3.8, 4) is 23.0 Å². The summed E-state index contributed by atoms with van der Waals surface area (Å²) in [7, 11) is -1.54. The van der Waals surface area contributed by atoms with Crippen molar-refractivity contribution in [2.45, 2.75) is 122 Å². The van der Waals surface area contributed by atoms with E-state index in [4.69, 9.17) is 18.9 Å². The molecular formula is C56H70F10O9S4. The van der Waals surface area contributed by atoms with Crippen LogP contribution in [0.1, 0.15) is 99.3 Å². The summed E-state index contributed by atoms with van der Waals surface area (Å²) in [5.41, 5.74) is 4.29. The lowest BCUT2D eigenvalue weighted by atomic mass is 9.68. The van der Waals surface area contributed by atoms with E-state index in [1.165, 1.54) is 22.9 Å². The maximum atomic E-state index is 12.9. The fourth-order valence-corrected chi connectivity index (χ4v) is 14.0. The van der Waals surface area contributed by atoms with Crippen LogP contribution in [0.25, 0.3) is 0 Å². The summed E-state index contributed by atoms with van der Waals surface area (Å²) in [6.45, 7) is 7.30. The van der Waals surface area contributed by atoms with E-state index in [1.807, 2.05) is 42.5 Å². The van der Waals surface area contributed by atoms with Gasteiger partial charge in [-0.3, -0.25) is 4.21 Å². The highest BCUT2D eigenvalue weighted by Crippen LogP contribution is 2.54. The Morgan fingerprint density at radius 1 is 0.506 bits per heavy atom. The molecule has 442 valence electrons. The molecule has 0 aromatic heterocycles. The lowest BCUT2D eigenvalue weighted by molar-refractivity contribution is -0.284. The molecule has 2 heterocycles. The highest BCUT2D eigenvalue weighted by atomic mass is 32.2. The zero-order chi connectivity index (χ0) is 57.9. The van der Waals surface area contributed by atoms with E-state index in [0.29, 0.717) is 45.4 Å². The first kappa shape index (κ1) is 66.2. The van der Waals surface area contributed by atoms with Gasteiger partial charge in [0.25, 0.3) is 0 Å². The number of hydrogen-bond donors (Lipinski definition) is 4. The monoisotopic (exact) mass is 1200 g/mol. The van der Waals surface area contributed by atoms with E-state index in [1.54, 1.807) is 66.0 Å². The number of benzene rings is 4. The Labute approximate surface area is 470 Å². The second-order valence-corrected chi connectivity index (χ2v) is 24.8. The van der Waals surface area contributed by atoms with Crippen LogP contribution in [0, 0.1) is 0 Å². The van der Waals surface area contributed by atoms with Crippen molar-refractivity contribution in [2.24, 2.45) is 0 Å². The molecule has 5 atom stereocenters. The number of ether oxygens (including phenoxy) is 4. The lowest BCUT2D eigenvalue weighted by Crippen LogP contribution is -2.36. The number of hydrogen-bond acceptors (Lipinski definition) is 12. The van der Waals surface area contributed by atoms with Crippen molar-refractivity contribution in [1.29, 1.82) is 0 Å². The lowest BCUT2D eigenvalue weighted by Gasteiger charge is -2.43. The average Bonchev–Trinajstić information content (AvgIpc) is 3.39. The minimum Gasteiger partial charge on any atom is -0.508 e. The van der Waals surface area contributed by atoms with Crippen LogP contribution in [-0.4, -0.2) is 136 Å². The molecule has 0 saturated carbocycles. The van der Waals surface area contributed by atoms with Gasteiger partial charge in [-0.25, -0.2) is 0 Å².